The van der Waals surface area contributed by atoms with E-state index in [0.717, 1.165) is 23.3 Å². The van der Waals surface area contributed by atoms with Gasteiger partial charge in [0, 0.05) is 28.0 Å². The standard InChI is InChI=1S/C27H29ClN2O3S/c1-18(2)30(27(32)20-7-5-4-6-8-20)16-26(31)29-13-11-25-22(12-14-34-25)24(29)17-33-21-9-10-23(28)19(3)15-21/h4-10,12,14-15,18,24H,11,13,16-17H2,1-3H3/t24-/m1/s1. The van der Waals surface area contributed by atoms with Crippen LogP contribution in [0.1, 0.15) is 46.3 Å². The van der Waals surface area contributed by atoms with Crippen molar-refractivity contribution in [3.63, 3.8) is 0 Å². The SMILES string of the molecule is Cc1cc(OC[C@@H]2c3ccsc3CCN2C(=O)CN(C(=O)c2ccccc2)C(C)C)ccc1Cl. The molecule has 0 saturated carbocycles. The number of thiophene rings is 1. The van der Waals surface area contributed by atoms with Gasteiger partial charge in [-0.3, -0.25) is 9.59 Å². The van der Waals surface area contributed by atoms with E-state index in [1.165, 1.54) is 4.88 Å². The molecule has 1 aliphatic rings. The van der Waals surface area contributed by atoms with Gasteiger partial charge in [0.1, 0.15) is 18.9 Å². The van der Waals surface area contributed by atoms with E-state index in [0.29, 0.717) is 23.7 Å². The fraction of sp³-hybridized carbons (Fsp3) is 0.333. The highest BCUT2D eigenvalue weighted by Gasteiger charge is 2.34. The van der Waals surface area contributed by atoms with Gasteiger partial charge >= 0.3 is 0 Å². The molecule has 34 heavy (non-hydrogen) atoms. The molecule has 0 bridgehead atoms. The van der Waals surface area contributed by atoms with Crippen molar-refractivity contribution >= 4 is 34.8 Å². The maximum atomic E-state index is 13.6. The number of carbonyl (C=O) groups excluding carboxylic acids is 2. The number of benzene rings is 2. The molecule has 0 aliphatic carbocycles. The van der Waals surface area contributed by atoms with E-state index in [9.17, 15) is 9.59 Å². The van der Waals surface area contributed by atoms with Crippen LogP contribution in [0, 0.1) is 6.92 Å². The first kappa shape index (κ1) is 24.3. The van der Waals surface area contributed by atoms with Gasteiger partial charge in [-0.05, 0) is 80.1 Å². The summed E-state index contributed by atoms with van der Waals surface area (Å²) in [5, 5.41) is 2.76. The highest BCUT2D eigenvalue weighted by molar-refractivity contribution is 7.10. The van der Waals surface area contributed by atoms with Crippen LogP contribution in [-0.2, 0) is 11.2 Å². The maximum absolute atomic E-state index is 13.6. The highest BCUT2D eigenvalue weighted by Crippen LogP contribution is 2.34. The normalized spacial score (nSPS) is 15.2. The minimum absolute atomic E-state index is 0.0292. The van der Waals surface area contributed by atoms with E-state index >= 15 is 0 Å². The molecule has 2 aromatic carbocycles. The van der Waals surface area contributed by atoms with E-state index in [4.69, 9.17) is 16.3 Å². The molecule has 2 amide bonds. The molecule has 3 aromatic rings. The lowest BCUT2D eigenvalue weighted by molar-refractivity contribution is -0.136. The number of hydrogen-bond donors (Lipinski definition) is 0. The zero-order valence-electron chi connectivity index (χ0n) is 19.7. The number of fused-ring (bicyclic) bond motifs is 1. The molecular weight excluding hydrogens is 468 g/mol. The van der Waals surface area contributed by atoms with E-state index in [1.54, 1.807) is 28.4 Å². The first-order valence-electron chi connectivity index (χ1n) is 11.5. The van der Waals surface area contributed by atoms with Crippen molar-refractivity contribution in [2.75, 3.05) is 19.7 Å². The van der Waals surface area contributed by atoms with Crippen molar-refractivity contribution in [1.82, 2.24) is 9.80 Å². The predicted molar refractivity (Wildman–Crippen MR) is 137 cm³/mol. The monoisotopic (exact) mass is 496 g/mol. The Morgan fingerprint density at radius 3 is 2.65 bits per heavy atom. The molecule has 0 N–H and O–H groups in total. The first-order valence-corrected chi connectivity index (χ1v) is 12.7. The fourth-order valence-corrected chi connectivity index (χ4v) is 5.27. The summed E-state index contributed by atoms with van der Waals surface area (Å²) in [6, 6.07) is 16.5. The van der Waals surface area contributed by atoms with Gasteiger partial charge in [-0.1, -0.05) is 29.8 Å². The Hall–Kier alpha value is -2.83. The van der Waals surface area contributed by atoms with Gasteiger partial charge in [0.05, 0.1) is 6.04 Å². The lowest BCUT2D eigenvalue weighted by atomic mass is 10.00. The molecule has 0 spiro atoms. The predicted octanol–water partition coefficient (Wildman–Crippen LogP) is 5.77. The average Bonchev–Trinajstić information content (AvgIpc) is 3.32. The topological polar surface area (TPSA) is 49.9 Å². The minimum atomic E-state index is -0.209. The number of nitrogens with zero attached hydrogens (tertiary/aromatic N) is 2. The number of hydrogen-bond acceptors (Lipinski definition) is 4. The van der Waals surface area contributed by atoms with Crippen molar-refractivity contribution in [2.45, 2.75) is 39.3 Å². The van der Waals surface area contributed by atoms with Gasteiger partial charge in [0.25, 0.3) is 5.91 Å². The third-order valence-electron chi connectivity index (χ3n) is 6.16. The van der Waals surface area contributed by atoms with E-state index in [-0.39, 0.29) is 30.4 Å². The average molecular weight is 497 g/mol. The summed E-state index contributed by atoms with van der Waals surface area (Å²) in [5.41, 5.74) is 2.65. The van der Waals surface area contributed by atoms with E-state index in [2.05, 4.69) is 11.4 Å². The second-order valence-electron chi connectivity index (χ2n) is 8.77. The number of carbonyl (C=O) groups is 2. The summed E-state index contributed by atoms with van der Waals surface area (Å²) in [4.78, 5) is 31.5. The first-order chi connectivity index (χ1) is 16.3. The van der Waals surface area contributed by atoms with Crippen molar-refractivity contribution in [1.29, 1.82) is 0 Å². The van der Waals surface area contributed by atoms with Crippen LogP contribution < -0.4 is 4.74 Å². The molecular formula is C27H29ClN2O3S. The molecule has 5 nitrogen and oxygen atoms in total. The molecule has 7 heteroatoms. The minimum Gasteiger partial charge on any atom is -0.491 e. The fourth-order valence-electron chi connectivity index (χ4n) is 4.23. The van der Waals surface area contributed by atoms with Crippen LogP contribution in [0.15, 0.2) is 60.0 Å². The largest absolute Gasteiger partial charge is 0.491 e. The Labute approximate surface area is 209 Å². The number of rotatable bonds is 7. The molecule has 0 unspecified atom stereocenters. The summed E-state index contributed by atoms with van der Waals surface area (Å²) in [5.74, 6) is 0.511. The molecule has 0 radical (unpaired) electrons. The van der Waals surface area contributed by atoms with Gasteiger partial charge in [-0.2, -0.15) is 0 Å². The molecule has 0 saturated heterocycles. The van der Waals surface area contributed by atoms with Crippen molar-refractivity contribution in [3.8, 4) is 5.75 Å². The van der Waals surface area contributed by atoms with Crippen LogP contribution in [0.25, 0.3) is 0 Å². The van der Waals surface area contributed by atoms with Gasteiger partial charge < -0.3 is 14.5 Å². The molecule has 4 rings (SSSR count). The molecule has 2 heterocycles. The van der Waals surface area contributed by atoms with Gasteiger partial charge in [0.2, 0.25) is 5.91 Å². The summed E-state index contributed by atoms with van der Waals surface area (Å²) in [6.45, 7) is 6.78. The summed E-state index contributed by atoms with van der Waals surface area (Å²) in [6.07, 6.45) is 0.809. The number of ether oxygens (including phenoxy) is 1. The van der Waals surface area contributed by atoms with Crippen molar-refractivity contribution < 1.29 is 14.3 Å². The highest BCUT2D eigenvalue weighted by atomic mass is 35.5. The summed E-state index contributed by atoms with van der Waals surface area (Å²) >= 11 is 7.87. The lowest BCUT2D eigenvalue weighted by Crippen LogP contribution is -2.49. The zero-order chi connectivity index (χ0) is 24.2. The number of aryl methyl sites for hydroxylation is 1. The Morgan fingerprint density at radius 2 is 1.94 bits per heavy atom. The third-order valence-corrected chi connectivity index (χ3v) is 7.58. The Bertz CT molecular complexity index is 1160. The van der Waals surface area contributed by atoms with Crippen molar-refractivity contribution in [2.24, 2.45) is 0 Å². The number of amides is 2. The van der Waals surface area contributed by atoms with E-state index < -0.39 is 0 Å². The van der Waals surface area contributed by atoms with Crippen LogP contribution in [0.2, 0.25) is 5.02 Å². The summed E-state index contributed by atoms with van der Waals surface area (Å²) < 4.78 is 6.13. The number of halogens is 1. The van der Waals surface area contributed by atoms with Gasteiger partial charge in [-0.25, -0.2) is 0 Å². The smallest absolute Gasteiger partial charge is 0.254 e. The maximum Gasteiger partial charge on any atom is 0.254 e. The second kappa shape index (κ2) is 10.6. The zero-order valence-corrected chi connectivity index (χ0v) is 21.2. The lowest BCUT2D eigenvalue weighted by Gasteiger charge is -2.37. The van der Waals surface area contributed by atoms with Crippen LogP contribution >= 0.6 is 22.9 Å². The quantitative estimate of drug-likeness (QED) is 0.417. The molecule has 0 fully saturated rings. The molecule has 1 aliphatic heterocycles. The molecule has 1 aromatic heterocycles. The van der Waals surface area contributed by atoms with Crippen LogP contribution in [0.3, 0.4) is 0 Å². The van der Waals surface area contributed by atoms with Crippen LogP contribution in [0.4, 0.5) is 0 Å². The Kier molecular flexibility index (Phi) is 7.59. The second-order valence-corrected chi connectivity index (χ2v) is 10.2. The Morgan fingerprint density at radius 1 is 1.18 bits per heavy atom. The van der Waals surface area contributed by atoms with Crippen LogP contribution in [0.5, 0.6) is 5.75 Å². The molecule has 178 valence electrons. The summed E-state index contributed by atoms with van der Waals surface area (Å²) in [7, 11) is 0. The third kappa shape index (κ3) is 5.29. The Balaban J connectivity index is 1.53. The van der Waals surface area contributed by atoms with Gasteiger partial charge in [-0.15, -0.1) is 11.3 Å². The van der Waals surface area contributed by atoms with Crippen molar-refractivity contribution in [3.05, 3.63) is 86.6 Å². The van der Waals surface area contributed by atoms with Gasteiger partial charge in [0.15, 0.2) is 0 Å². The molecule has 1 atom stereocenters. The van der Waals surface area contributed by atoms with Crippen LogP contribution in [-0.4, -0.2) is 47.4 Å². The van der Waals surface area contributed by atoms with E-state index in [1.807, 2.05) is 62.1 Å².